The van der Waals surface area contributed by atoms with Crippen LogP contribution >= 0.6 is 0 Å². The summed E-state index contributed by atoms with van der Waals surface area (Å²) < 4.78 is 0. The highest BCUT2D eigenvalue weighted by atomic mass is 14.6. The number of pyridine rings is 1. The van der Waals surface area contributed by atoms with Crippen LogP contribution in [0.2, 0.25) is 0 Å². The van der Waals surface area contributed by atoms with Gasteiger partial charge in [0.25, 0.3) is 0 Å². The van der Waals surface area contributed by atoms with Crippen molar-refractivity contribution < 1.29 is 0 Å². The van der Waals surface area contributed by atoms with Crippen molar-refractivity contribution in [2.45, 2.75) is 65.2 Å². The van der Waals surface area contributed by atoms with Crippen LogP contribution in [0.5, 0.6) is 0 Å². The maximum absolute atomic E-state index is 4.47. The number of aromatic nitrogens is 1. The highest BCUT2D eigenvalue weighted by molar-refractivity contribution is 5.70. The summed E-state index contributed by atoms with van der Waals surface area (Å²) in [4.78, 5) is 4.47. The van der Waals surface area contributed by atoms with E-state index >= 15 is 0 Å². The largest absolute Gasteiger partial charge is 0.264 e. The maximum atomic E-state index is 4.47. The highest BCUT2D eigenvalue weighted by Crippen LogP contribution is 2.41. The molecule has 1 aromatic carbocycles. The predicted molar refractivity (Wildman–Crippen MR) is 103 cm³/mol. The van der Waals surface area contributed by atoms with Crippen molar-refractivity contribution in [2.24, 2.45) is 11.8 Å². The van der Waals surface area contributed by atoms with E-state index in [-0.39, 0.29) is 0 Å². The Morgan fingerprint density at radius 3 is 2.46 bits per heavy atom. The Balaban J connectivity index is 1.89. The molecule has 1 aromatic heterocycles. The van der Waals surface area contributed by atoms with Crippen LogP contribution < -0.4 is 0 Å². The molecule has 0 saturated heterocycles. The first kappa shape index (κ1) is 17.2. The van der Waals surface area contributed by atoms with Crippen LogP contribution in [0.25, 0.3) is 11.1 Å². The van der Waals surface area contributed by atoms with Crippen molar-refractivity contribution in [3.05, 3.63) is 53.9 Å². The monoisotopic (exact) mass is 321 g/mol. The number of hydrogen-bond acceptors (Lipinski definition) is 1. The molecule has 0 bridgehead atoms. The van der Waals surface area contributed by atoms with Gasteiger partial charge in [0, 0.05) is 12.4 Å². The van der Waals surface area contributed by atoms with E-state index in [0.29, 0.717) is 5.92 Å². The summed E-state index contributed by atoms with van der Waals surface area (Å²) in [5, 5.41) is 0. The minimum atomic E-state index is 0.594. The van der Waals surface area contributed by atoms with Gasteiger partial charge in [0.05, 0.1) is 0 Å². The van der Waals surface area contributed by atoms with Gasteiger partial charge in [-0.2, -0.15) is 0 Å². The standard InChI is InChI=1S/C23H31N/c1-4-18-10-12-20(13-11-18)17(3)23-16-24-15-14-22(23)21-9-7-6-8-19(21)5-2/h6-9,14-18,20H,4-5,10-13H2,1-3H3. The van der Waals surface area contributed by atoms with Crippen LogP contribution in [0.1, 0.15) is 69.9 Å². The van der Waals surface area contributed by atoms with Gasteiger partial charge < -0.3 is 0 Å². The van der Waals surface area contributed by atoms with Crippen LogP contribution in [0.4, 0.5) is 0 Å². The molecule has 1 atom stereocenters. The molecule has 128 valence electrons. The summed E-state index contributed by atoms with van der Waals surface area (Å²) in [6, 6.07) is 11.1. The quantitative estimate of drug-likeness (QED) is 0.602. The summed E-state index contributed by atoms with van der Waals surface area (Å²) in [5.74, 6) is 2.36. The second-order valence-corrected chi connectivity index (χ2v) is 7.45. The van der Waals surface area contributed by atoms with E-state index in [1.807, 2.05) is 6.20 Å². The van der Waals surface area contributed by atoms with E-state index in [0.717, 1.165) is 18.3 Å². The predicted octanol–water partition coefficient (Wildman–Crippen LogP) is 6.63. The van der Waals surface area contributed by atoms with Gasteiger partial charge in [-0.3, -0.25) is 4.98 Å². The Bertz CT molecular complexity index is 653. The molecular weight excluding hydrogens is 290 g/mol. The van der Waals surface area contributed by atoms with Gasteiger partial charge in [-0.1, -0.05) is 64.3 Å². The Hall–Kier alpha value is -1.63. The van der Waals surface area contributed by atoms with Crippen LogP contribution in [0, 0.1) is 11.8 Å². The molecule has 0 radical (unpaired) electrons. The average molecular weight is 322 g/mol. The average Bonchev–Trinajstić information content (AvgIpc) is 2.67. The van der Waals surface area contributed by atoms with Gasteiger partial charge in [-0.15, -0.1) is 0 Å². The topological polar surface area (TPSA) is 12.9 Å². The molecule has 24 heavy (non-hydrogen) atoms. The fourth-order valence-electron chi connectivity index (χ4n) is 4.46. The maximum Gasteiger partial charge on any atom is 0.0308 e. The summed E-state index contributed by atoms with van der Waals surface area (Å²) in [6.07, 6.45) is 12.1. The first-order chi connectivity index (χ1) is 11.7. The lowest BCUT2D eigenvalue weighted by atomic mass is 9.73. The zero-order valence-corrected chi connectivity index (χ0v) is 15.5. The van der Waals surface area contributed by atoms with Gasteiger partial charge in [-0.05, 0) is 65.3 Å². The fourth-order valence-corrected chi connectivity index (χ4v) is 4.46. The number of benzene rings is 1. The molecule has 1 aliphatic rings. The van der Waals surface area contributed by atoms with Gasteiger partial charge in [0.15, 0.2) is 0 Å². The zero-order valence-electron chi connectivity index (χ0n) is 15.5. The fraction of sp³-hybridized carbons (Fsp3) is 0.522. The Morgan fingerprint density at radius 2 is 1.75 bits per heavy atom. The molecule has 1 heterocycles. The van der Waals surface area contributed by atoms with Crippen LogP contribution in [-0.2, 0) is 6.42 Å². The molecular formula is C23H31N. The Labute approximate surface area is 147 Å². The Morgan fingerprint density at radius 1 is 1.00 bits per heavy atom. The van der Waals surface area contributed by atoms with Gasteiger partial charge in [0.1, 0.15) is 0 Å². The van der Waals surface area contributed by atoms with E-state index in [2.05, 4.69) is 62.3 Å². The third-order valence-corrected chi connectivity index (χ3v) is 6.21. The smallest absolute Gasteiger partial charge is 0.0308 e. The SMILES string of the molecule is CCc1ccccc1-c1ccncc1C(C)C1CCC(CC)CC1. The van der Waals surface area contributed by atoms with Gasteiger partial charge in [-0.25, -0.2) is 0 Å². The first-order valence-corrected chi connectivity index (χ1v) is 9.76. The summed E-state index contributed by atoms with van der Waals surface area (Å²) >= 11 is 0. The van der Waals surface area contributed by atoms with Crippen molar-refractivity contribution in [3.8, 4) is 11.1 Å². The van der Waals surface area contributed by atoms with Crippen molar-refractivity contribution in [1.82, 2.24) is 4.98 Å². The van der Waals surface area contributed by atoms with E-state index in [1.165, 1.54) is 54.4 Å². The molecule has 2 aromatic rings. The van der Waals surface area contributed by atoms with Crippen molar-refractivity contribution >= 4 is 0 Å². The summed E-state index contributed by atoms with van der Waals surface area (Å²) in [5.41, 5.74) is 5.67. The lowest BCUT2D eigenvalue weighted by molar-refractivity contribution is 0.244. The van der Waals surface area contributed by atoms with E-state index in [9.17, 15) is 0 Å². The Kier molecular flexibility index (Phi) is 5.71. The molecule has 1 unspecified atom stereocenters. The number of rotatable bonds is 5. The zero-order chi connectivity index (χ0) is 16.9. The van der Waals surface area contributed by atoms with Gasteiger partial charge >= 0.3 is 0 Å². The molecule has 0 spiro atoms. The molecule has 3 rings (SSSR count). The number of hydrogen-bond donors (Lipinski definition) is 0. The molecule has 0 aliphatic heterocycles. The molecule has 1 saturated carbocycles. The van der Waals surface area contributed by atoms with E-state index in [4.69, 9.17) is 0 Å². The third-order valence-electron chi connectivity index (χ3n) is 6.21. The first-order valence-electron chi connectivity index (χ1n) is 9.76. The van der Waals surface area contributed by atoms with Gasteiger partial charge in [0.2, 0.25) is 0 Å². The number of aryl methyl sites for hydroxylation is 1. The minimum absolute atomic E-state index is 0.594. The highest BCUT2D eigenvalue weighted by Gasteiger charge is 2.27. The minimum Gasteiger partial charge on any atom is -0.264 e. The summed E-state index contributed by atoms with van der Waals surface area (Å²) in [7, 11) is 0. The van der Waals surface area contributed by atoms with Crippen LogP contribution in [0.3, 0.4) is 0 Å². The third kappa shape index (κ3) is 3.55. The normalized spacial score (nSPS) is 22.3. The molecule has 1 heteroatoms. The lowest BCUT2D eigenvalue weighted by Crippen LogP contribution is -2.19. The van der Waals surface area contributed by atoms with Crippen LogP contribution in [-0.4, -0.2) is 4.98 Å². The molecule has 1 fully saturated rings. The van der Waals surface area contributed by atoms with Crippen molar-refractivity contribution in [3.63, 3.8) is 0 Å². The van der Waals surface area contributed by atoms with Crippen LogP contribution in [0.15, 0.2) is 42.7 Å². The van der Waals surface area contributed by atoms with Crippen molar-refractivity contribution in [1.29, 1.82) is 0 Å². The lowest BCUT2D eigenvalue weighted by Gasteiger charge is -2.33. The summed E-state index contributed by atoms with van der Waals surface area (Å²) in [6.45, 7) is 7.01. The molecule has 0 amide bonds. The van der Waals surface area contributed by atoms with E-state index in [1.54, 1.807) is 0 Å². The second-order valence-electron chi connectivity index (χ2n) is 7.45. The molecule has 0 N–H and O–H groups in total. The molecule has 1 aliphatic carbocycles. The second kappa shape index (κ2) is 7.96. The van der Waals surface area contributed by atoms with E-state index < -0.39 is 0 Å². The number of nitrogens with zero attached hydrogens (tertiary/aromatic N) is 1. The molecule has 1 nitrogen and oxygen atoms in total. The van der Waals surface area contributed by atoms with Crippen molar-refractivity contribution in [2.75, 3.05) is 0 Å².